The van der Waals surface area contributed by atoms with E-state index >= 15 is 0 Å². The van der Waals surface area contributed by atoms with Crippen LogP contribution in [0.1, 0.15) is 41.9 Å². The van der Waals surface area contributed by atoms with Crippen molar-refractivity contribution in [1.82, 2.24) is 0 Å². The lowest BCUT2D eigenvalue weighted by Crippen LogP contribution is -2.37. The molecule has 2 atom stereocenters. The molecular formula is C25H26P+. The first-order valence-electron chi connectivity index (χ1n) is 9.87. The van der Waals surface area contributed by atoms with Crippen molar-refractivity contribution in [1.29, 1.82) is 0 Å². The van der Waals surface area contributed by atoms with Gasteiger partial charge in [0.25, 0.3) is 0 Å². The molecule has 0 spiro atoms. The summed E-state index contributed by atoms with van der Waals surface area (Å²) in [5, 5.41) is 3.21. The van der Waals surface area contributed by atoms with Crippen molar-refractivity contribution >= 4 is 17.9 Å². The van der Waals surface area contributed by atoms with Gasteiger partial charge in [0, 0.05) is 5.92 Å². The van der Waals surface area contributed by atoms with Gasteiger partial charge >= 0.3 is 0 Å². The van der Waals surface area contributed by atoms with Gasteiger partial charge in [-0.05, 0) is 61.6 Å². The lowest BCUT2D eigenvalue weighted by Gasteiger charge is -2.41. The SMILES string of the molecule is Cc1ccc2c(c1)C[P+](c1ccccc1)(c1ccccc1)C1CCCC21. The molecule has 5 rings (SSSR count). The van der Waals surface area contributed by atoms with Crippen LogP contribution >= 0.6 is 7.26 Å². The van der Waals surface area contributed by atoms with Crippen LogP contribution < -0.4 is 10.6 Å². The van der Waals surface area contributed by atoms with E-state index in [4.69, 9.17) is 0 Å². The van der Waals surface area contributed by atoms with Crippen LogP contribution in [-0.4, -0.2) is 5.66 Å². The fourth-order valence-electron chi connectivity index (χ4n) is 5.55. The van der Waals surface area contributed by atoms with Crippen molar-refractivity contribution in [3.63, 3.8) is 0 Å². The molecule has 2 unspecified atom stereocenters. The molecule has 0 amide bonds. The highest BCUT2D eigenvalue weighted by atomic mass is 31.2. The highest BCUT2D eigenvalue weighted by molar-refractivity contribution is 7.89. The van der Waals surface area contributed by atoms with Crippen molar-refractivity contribution < 1.29 is 0 Å². The minimum absolute atomic E-state index is 0.744. The van der Waals surface area contributed by atoms with Crippen molar-refractivity contribution in [3.8, 4) is 0 Å². The van der Waals surface area contributed by atoms with Gasteiger partial charge in [-0.1, -0.05) is 60.2 Å². The van der Waals surface area contributed by atoms with Gasteiger partial charge in [0.05, 0.1) is 29.7 Å². The van der Waals surface area contributed by atoms with E-state index in [1.54, 1.807) is 21.7 Å². The molecule has 1 aliphatic heterocycles. The quantitative estimate of drug-likeness (QED) is 0.508. The van der Waals surface area contributed by atoms with Crippen LogP contribution in [0.2, 0.25) is 0 Å². The number of hydrogen-bond donors (Lipinski definition) is 0. The first-order valence-corrected chi connectivity index (χ1v) is 11.9. The average molecular weight is 357 g/mol. The molecule has 0 nitrogen and oxygen atoms in total. The van der Waals surface area contributed by atoms with E-state index in [9.17, 15) is 0 Å². The molecule has 2 aliphatic rings. The Morgan fingerprint density at radius 3 is 2.08 bits per heavy atom. The van der Waals surface area contributed by atoms with Gasteiger partial charge in [-0.25, -0.2) is 0 Å². The van der Waals surface area contributed by atoms with E-state index in [1.807, 2.05) is 0 Å². The Balaban J connectivity index is 1.79. The molecule has 0 radical (unpaired) electrons. The van der Waals surface area contributed by atoms with Crippen LogP contribution in [0.25, 0.3) is 0 Å². The van der Waals surface area contributed by atoms with E-state index in [1.165, 1.54) is 31.0 Å². The van der Waals surface area contributed by atoms with Crippen LogP contribution in [0.4, 0.5) is 0 Å². The van der Waals surface area contributed by atoms with Gasteiger partial charge in [-0.15, -0.1) is 0 Å². The third kappa shape index (κ3) is 2.39. The summed E-state index contributed by atoms with van der Waals surface area (Å²) in [4.78, 5) is 0. The molecule has 130 valence electrons. The number of aryl methyl sites for hydroxylation is 1. The highest BCUT2D eigenvalue weighted by Crippen LogP contribution is 2.72. The zero-order valence-corrected chi connectivity index (χ0v) is 16.3. The van der Waals surface area contributed by atoms with Crippen LogP contribution in [0, 0.1) is 6.92 Å². The van der Waals surface area contributed by atoms with Gasteiger partial charge in [0.15, 0.2) is 0 Å². The molecule has 1 saturated carbocycles. The second kappa shape index (κ2) is 6.36. The standard InChI is InChI=1S/C25H26P/c1-19-15-16-23-20(17-19)18-26(21-9-4-2-5-10-21,22-11-6-3-7-12-22)25-14-8-13-24(23)25/h2-7,9-12,15-17,24-25H,8,13-14,18H2,1H3/q+1. The third-order valence-corrected chi connectivity index (χ3v) is 11.6. The fraction of sp³-hybridized carbons (Fsp3) is 0.280. The third-order valence-electron chi connectivity index (χ3n) is 6.60. The van der Waals surface area contributed by atoms with Gasteiger partial charge in [0.1, 0.15) is 0 Å². The zero-order chi connectivity index (χ0) is 17.6. The highest BCUT2D eigenvalue weighted by Gasteiger charge is 2.58. The first kappa shape index (κ1) is 16.3. The Bertz CT molecular complexity index is 874. The lowest BCUT2D eigenvalue weighted by molar-refractivity contribution is 0.707. The average Bonchev–Trinajstić information content (AvgIpc) is 3.19. The maximum atomic E-state index is 2.48. The fourth-order valence-corrected chi connectivity index (χ4v) is 11.0. The van der Waals surface area contributed by atoms with Gasteiger partial charge < -0.3 is 0 Å². The van der Waals surface area contributed by atoms with Crippen LogP contribution in [0.15, 0.2) is 78.9 Å². The molecular weight excluding hydrogens is 331 g/mol. The topological polar surface area (TPSA) is 0 Å². The maximum Gasteiger partial charge on any atom is 0.0998 e. The summed E-state index contributed by atoms with van der Waals surface area (Å²) in [6, 6.07) is 30.2. The van der Waals surface area contributed by atoms with Gasteiger partial charge in [0.2, 0.25) is 0 Å². The largest absolute Gasteiger partial charge is 0.0998 e. The second-order valence-electron chi connectivity index (χ2n) is 8.01. The van der Waals surface area contributed by atoms with E-state index in [0.717, 1.165) is 11.6 Å². The Morgan fingerprint density at radius 2 is 1.42 bits per heavy atom. The van der Waals surface area contributed by atoms with E-state index in [2.05, 4.69) is 85.8 Å². The van der Waals surface area contributed by atoms with Crippen LogP contribution in [0.3, 0.4) is 0 Å². The summed E-state index contributed by atoms with van der Waals surface area (Å²) in [7, 11) is -1.45. The van der Waals surface area contributed by atoms with E-state index < -0.39 is 7.26 Å². The normalized spacial score (nSPS) is 23.3. The van der Waals surface area contributed by atoms with Crippen molar-refractivity contribution in [2.75, 3.05) is 0 Å². The predicted molar refractivity (Wildman–Crippen MR) is 114 cm³/mol. The number of fused-ring (bicyclic) bond motifs is 3. The molecule has 0 bridgehead atoms. The van der Waals surface area contributed by atoms with Gasteiger partial charge in [-0.3, -0.25) is 0 Å². The van der Waals surface area contributed by atoms with Crippen LogP contribution in [-0.2, 0) is 6.16 Å². The summed E-state index contributed by atoms with van der Waals surface area (Å²) in [5.74, 6) is 0.744. The first-order chi connectivity index (χ1) is 12.8. The van der Waals surface area contributed by atoms with Gasteiger partial charge in [-0.2, -0.15) is 0 Å². The van der Waals surface area contributed by atoms with Crippen molar-refractivity contribution in [2.45, 2.75) is 43.9 Å². The lowest BCUT2D eigenvalue weighted by atomic mass is 9.91. The molecule has 1 aliphatic carbocycles. The zero-order valence-electron chi connectivity index (χ0n) is 15.4. The predicted octanol–water partition coefficient (Wildman–Crippen LogP) is 5.81. The molecule has 3 aromatic carbocycles. The molecule has 0 aromatic heterocycles. The molecule has 26 heavy (non-hydrogen) atoms. The Hall–Kier alpha value is -1.91. The van der Waals surface area contributed by atoms with Crippen molar-refractivity contribution in [2.24, 2.45) is 0 Å². The van der Waals surface area contributed by atoms with E-state index in [0.29, 0.717) is 0 Å². The minimum atomic E-state index is -1.45. The Morgan fingerprint density at radius 1 is 0.769 bits per heavy atom. The summed E-state index contributed by atoms with van der Waals surface area (Å²) in [6.45, 7) is 2.24. The molecule has 3 aromatic rings. The molecule has 0 saturated heterocycles. The summed E-state index contributed by atoms with van der Waals surface area (Å²) in [5.41, 5.74) is 5.48. The molecule has 0 N–H and O–H groups in total. The number of hydrogen-bond acceptors (Lipinski definition) is 0. The van der Waals surface area contributed by atoms with E-state index in [-0.39, 0.29) is 0 Å². The Kier molecular flexibility index (Phi) is 3.98. The molecule has 1 heteroatoms. The molecule has 1 heterocycles. The summed E-state index contributed by atoms with van der Waals surface area (Å²) in [6.07, 6.45) is 5.36. The van der Waals surface area contributed by atoms with Crippen molar-refractivity contribution in [3.05, 3.63) is 95.6 Å². The Labute approximate surface area is 157 Å². The molecule has 1 fully saturated rings. The summed E-state index contributed by atoms with van der Waals surface area (Å²) < 4.78 is 0. The number of rotatable bonds is 2. The smallest absolute Gasteiger partial charge is 0.0620 e. The summed E-state index contributed by atoms with van der Waals surface area (Å²) >= 11 is 0. The number of benzene rings is 3. The minimum Gasteiger partial charge on any atom is -0.0620 e. The maximum absolute atomic E-state index is 2.48. The van der Waals surface area contributed by atoms with Crippen LogP contribution in [0.5, 0.6) is 0 Å². The monoisotopic (exact) mass is 357 g/mol. The second-order valence-corrected chi connectivity index (χ2v) is 11.8.